The summed E-state index contributed by atoms with van der Waals surface area (Å²) in [6.45, 7) is 2.03. The van der Waals surface area contributed by atoms with E-state index in [0.717, 1.165) is 0 Å². The molecule has 1 aromatic rings. The second-order valence-corrected chi connectivity index (χ2v) is 5.97. The van der Waals surface area contributed by atoms with Crippen LogP contribution in [-0.4, -0.2) is 40.9 Å². The summed E-state index contributed by atoms with van der Waals surface area (Å²) in [4.78, 5) is 36.0. The SMILES string of the molecule is CCN(CC(=O)Nc1c(Cl)cccc1Cl)C(=O)CCCCC(=O)O. The molecule has 0 spiro atoms. The Hall–Kier alpha value is -1.79. The number of unbranched alkanes of at least 4 members (excludes halogenated alkanes) is 1. The molecule has 1 aromatic carbocycles. The molecule has 0 aliphatic rings. The maximum Gasteiger partial charge on any atom is 0.303 e. The minimum atomic E-state index is -0.884. The van der Waals surface area contributed by atoms with Crippen LogP contribution in [0.25, 0.3) is 0 Å². The van der Waals surface area contributed by atoms with Crippen LogP contribution in [0.2, 0.25) is 10.0 Å². The number of halogens is 2. The lowest BCUT2D eigenvalue weighted by Crippen LogP contribution is -2.37. The van der Waals surface area contributed by atoms with Crippen LogP contribution in [0.15, 0.2) is 18.2 Å². The molecule has 0 aliphatic carbocycles. The fourth-order valence-electron chi connectivity index (χ4n) is 2.06. The first-order valence-corrected chi connectivity index (χ1v) is 8.34. The Morgan fingerprint density at radius 1 is 1.12 bits per heavy atom. The number of nitrogens with zero attached hydrogens (tertiary/aromatic N) is 1. The Morgan fingerprint density at radius 2 is 1.71 bits per heavy atom. The van der Waals surface area contributed by atoms with E-state index in [4.69, 9.17) is 28.3 Å². The number of amides is 2. The Morgan fingerprint density at radius 3 is 2.25 bits per heavy atom. The van der Waals surface area contributed by atoms with Crippen molar-refractivity contribution in [1.82, 2.24) is 4.90 Å². The van der Waals surface area contributed by atoms with E-state index in [1.165, 1.54) is 4.90 Å². The molecule has 0 saturated carbocycles. The lowest BCUT2D eigenvalue weighted by Gasteiger charge is -2.20. The monoisotopic (exact) mass is 374 g/mol. The van der Waals surface area contributed by atoms with Gasteiger partial charge in [-0.2, -0.15) is 0 Å². The Bertz CT molecular complexity index is 587. The van der Waals surface area contributed by atoms with E-state index in [0.29, 0.717) is 35.1 Å². The minimum absolute atomic E-state index is 0.0326. The maximum atomic E-state index is 12.1. The maximum absolute atomic E-state index is 12.1. The van der Waals surface area contributed by atoms with Crippen molar-refractivity contribution >= 4 is 46.7 Å². The van der Waals surface area contributed by atoms with Gasteiger partial charge in [-0.05, 0) is 31.9 Å². The predicted octanol–water partition coefficient (Wildman–Crippen LogP) is 3.43. The lowest BCUT2D eigenvalue weighted by molar-refractivity contribution is -0.137. The van der Waals surface area contributed by atoms with Crippen molar-refractivity contribution in [2.45, 2.75) is 32.6 Å². The molecular weight excluding hydrogens is 355 g/mol. The number of hydrogen-bond acceptors (Lipinski definition) is 3. The molecule has 132 valence electrons. The van der Waals surface area contributed by atoms with Crippen LogP contribution in [0.3, 0.4) is 0 Å². The Balaban J connectivity index is 2.53. The fourth-order valence-corrected chi connectivity index (χ4v) is 2.55. The highest BCUT2D eigenvalue weighted by Gasteiger charge is 2.17. The number of carbonyl (C=O) groups is 3. The van der Waals surface area contributed by atoms with Crippen LogP contribution in [0, 0.1) is 0 Å². The van der Waals surface area contributed by atoms with E-state index < -0.39 is 11.9 Å². The van der Waals surface area contributed by atoms with Gasteiger partial charge < -0.3 is 15.3 Å². The third-order valence-corrected chi connectivity index (χ3v) is 3.96. The summed E-state index contributed by atoms with van der Waals surface area (Å²) in [7, 11) is 0. The summed E-state index contributed by atoms with van der Waals surface area (Å²) in [5.74, 6) is -1.47. The summed E-state index contributed by atoms with van der Waals surface area (Å²) >= 11 is 12.0. The van der Waals surface area contributed by atoms with Crippen LogP contribution in [-0.2, 0) is 14.4 Å². The van der Waals surface area contributed by atoms with E-state index in [9.17, 15) is 14.4 Å². The molecule has 0 heterocycles. The largest absolute Gasteiger partial charge is 0.481 e. The van der Waals surface area contributed by atoms with Gasteiger partial charge in [0.15, 0.2) is 0 Å². The summed E-state index contributed by atoms with van der Waals surface area (Å²) in [5, 5.41) is 11.8. The second-order valence-electron chi connectivity index (χ2n) is 5.15. The fraction of sp³-hybridized carbons (Fsp3) is 0.438. The number of rotatable bonds is 9. The van der Waals surface area contributed by atoms with Crippen molar-refractivity contribution in [1.29, 1.82) is 0 Å². The number of hydrogen-bond donors (Lipinski definition) is 2. The minimum Gasteiger partial charge on any atom is -0.481 e. The molecule has 2 N–H and O–H groups in total. The molecule has 0 radical (unpaired) electrons. The van der Waals surface area contributed by atoms with Crippen LogP contribution >= 0.6 is 23.2 Å². The van der Waals surface area contributed by atoms with Gasteiger partial charge in [-0.1, -0.05) is 29.3 Å². The van der Waals surface area contributed by atoms with Gasteiger partial charge in [0.25, 0.3) is 0 Å². The van der Waals surface area contributed by atoms with Crippen LogP contribution in [0.4, 0.5) is 5.69 Å². The average molecular weight is 375 g/mol. The highest BCUT2D eigenvalue weighted by Crippen LogP contribution is 2.29. The van der Waals surface area contributed by atoms with Gasteiger partial charge in [-0.25, -0.2) is 0 Å². The molecule has 1 rings (SSSR count). The topological polar surface area (TPSA) is 86.7 Å². The third-order valence-electron chi connectivity index (χ3n) is 3.33. The first-order chi connectivity index (χ1) is 11.3. The molecule has 24 heavy (non-hydrogen) atoms. The summed E-state index contributed by atoms with van der Waals surface area (Å²) in [5.41, 5.74) is 0.316. The molecular formula is C16H20Cl2N2O4. The quantitative estimate of drug-likeness (QED) is 0.648. The lowest BCUT2D eigenvalue weighted by atomic mass is 10.2. The van der Waals surface area contributed by atoms with Gasteiger partial charge in [0.1, 0.15) is 0 Å². The number of likely N-dealkylation sites (N-methyl/N-ethyl adjacent to an activating group) is 1. The van der Waals surface area contributed by atoms with Gasteiger partial charge in [0.2, 0.25) is 11.8 Å². The van der Waals surface area contributed by atoms with E-state index in [-0.39, 0.29) is 25.3 Å². The highest BCUT2D eigenvalue weighted by atomic mass is 35.5. The van der Waals surface area contributed by atoms with E-state index in [1.807, 2.05) is 0 Å². The zero-order chi connectivity index (χ0) is 18.1. The molecule has 6 nitrogen and oxygen atoms in total. The number of benzene rings is 1. The van der Waals surface area contributed by atoms with Crippen molar-refractivity contribution in [2.75, 3.05) is 18.4 Å². The molecule has 8 heteroatoms. The van der Waals surface area contributed by atoms with Crippen molar-refractivity contribution in [2.24, 2.45) is 0 Å². The molecule has 0 saturated heterocycles. The molecule has 2 amide bonds. The third kappa shape index (κ3) is 6.76. The van der Waals surface area contributed by atoms with Gasteiger partial charge >= 0.3 is 5.97 Å². The molecule has 0 aromatic heterocycles. The van der Waals surface area contributed by atoms with Crippen LogP contribution < -0.4 is 5.32 Å². The van der Waals surface area contributed by atoms with Crippen molar-refractivity contribution in [3.8, 4) is 0 Å². The standard InChI is InChI=1S/C16H20Cl2N2O4/c1-2-20(14(22)8-3-4-9-15(23)24)10-13(21)19-16-11(17)6-5-7-12(16)18/h5-7H,2-4,8-10H2,1H3,(H,19,21)(H,23,24). The zero-order valence-corrected chi connectivity index (χ0v) is 14.9. The van der Waals surface area contributed by atoms with E-state index in [1.54, 1.807) is 25.1 Å². The second kappa shape index (κ2) is 10.2. The van der Waals surface area contributed by atoms with E-state index in [2.05, 4.69) is 5.32 Å². The van der Waals surface area contributed by atoms with Crippen molar-refractivity contribution in [3.63, 3.8) is 0 Å². The van der Waals surface area contributed by atoms with Crippen molar-refractivity contribution in [3.05, 3.63) is 28.2 Å². The number of carboxylic acids is 1. The van der Waals surface area contributed by atoms with Crippen molar-refractivity contribution < 1.29 is 19.5 Å². The first kappa shape index (κ1) is 20.3. The summed E-state index contributed by atoms with van der Waals surface area (Å²) < 4.78 is 0. The van der Waals surface area contributed by atoms with Gasteiger partial charge in [-0.15, -0.1) is 0 Å². The molecule has 0 unspecified atom stereocenters. The first-order valence-electron chi connectivity index (χ1n) is 7.58. The molecule has 0 bridgehead atoms. The number of nitrogens with one attached hydrogen (secondary N) is 1. The number of para-hydroxylation sites is 1. The van der Waals surface area contributed by atoms with Gasteiger partial charge in [0, 0.05) is 19.4 Å². The smallest absolute Gasteiger partial charge is 0.303 e. The highest BCUT2D eigenvalue weighted by molar-refractivity contribution is 6.39. The average Bonchev–Trinajstić information content (AvgIpc) is 2.52. The van der Waals surface area contributed by atoms with Crippen LogP contribution in [0.5, 0.6) is 0 Å². The predicted molar refractivity (Wildman–Crippen MR) is 93.4 cm³/mol. The van der Waals surface area contributed by atoms with Gasteiger partial charge in [-0.3, -0.25) is 14.4 Å². The van der Waals surface area contributed by atoms with E-state index >= 15 is 0 Å². The number of anilines is 1. The Kier molecular flexibility index (Phi) is 8.57. The summed E-state index contributed by atoms with van der Waals surface area (Å²) in [6, 6.07) is 4.88. The molecule has 0 fully saturated rings. The number of carboxylic acid groups (broad SMARTS) is 1. The normalized spacial score (nSPS) is 10.3. The van der Waals surface area contributed by atoms with Crippen LogP contribution in [0.1, 0.15) is 32.6 Å². The number of carbonyl (C=O) groups excluding carboxylic acids is 2. The zero-order valence-electron chi connectivity index (χ0n) is 13.3. The summed E-state index contributed by atoms with van der Waals surface area (Å²) in [6.07, 6.45) is 1.14. The van der Waals surface area contributed by atoms with Gasteiger partial charge in [0.05, 0.1) is 22.3 Å². The molecule has 0 atom stereocenters. The Labute approximate surface area is 150 Å². The molecule has 0 aliphatic heterocycles. The number of aliphatic carboxylic acids is 1.